The predicted octanol–water partition coefficient (Wildman–Crippen LogP) is 4.82. The van der Waals surface area contributed by atoms with Crippen LogP contribution in [0.1, 0.15) is 29.9 Å². The van der Waals surface area contributed by atoms with E-state index in [4.69, 9.17) is 5.26 Å². The van der Waals surface area contributed by atoms with Crippen LogP contribution >= 0.6 is 0 Å². The highest BCUT2D eigenvalue weighted by molar-refractivity contribution is 5.89. The zero-order valence-corrected chi connectivity index (χ0v) is 20.0. The van der Waals surface area contributed by atoms with Crippen molar-refractivity contribution in [1.29, 1.82) is 5.26 Å². The molecule has 184 valence electrons. The summed E-state index contributed by atoms with van der Waals surface area (Å²) in [6.45, 7) is 2.19. The summed E-state index contributed by atoms with van der Waals surface area (Å²) in [7, 11) is 0. The standard InChI is InChI=1S/C29H29FN4O2/c30-24-11-13-25(14-12-24)32-29(36)33-15-1-2-16-34-26(18-33)28(27(34)19-35)23-9-7-22(8-10-23)21-5-3-20(17-31)4-6-21/h3-14,26-28,35H,1-2,15-16,18-19H2,(H,32,36)/t26-,27+,28-/m0/s1. The van der Waals surface area contributed by atoms with Crippen LogP contribution in [0.2, 0.25) is 0 Å². The topological polar surface area (TPSA) is 79.6 Å². The van der Waals surface area contributed by atoms with Crippen molar-refractivity contribution in [1.82, 2.24) is 9.80 Å². The third-order valence-corrected chi connectivity index (χ3v) is 7.40. The predicted molar refractivity (Wildman–Crippen MR) is 137 cm³/mol. The monoisotopic (exact) mass is 484 g/mol. The number of carbonyl (C=O) groups is 1. The molecule has 7 heteroatoms. The fraction of sp³-hybridized carbons (Fsp3) is 0.310. The molecule has 2 amide bonds. The summed E-state index contributed by atoms with van der Waals surface area (Å²) in [5.41, 5.74) is 4.46. The third kappa shape index (κ3) is 4.83. The molecule has 2 fully saturated rings. The van der Waals surface area contributed by atoms with Crippen molar-refractivity contribution in [3.05, 3.63) is 89.7 Å². The third-order valence-electron chi connectivity index (χ3n) is 7.40. The van der Waals surface area contributed by atoms with Crippen LogP contribution in [0.5, 0.6) is 0 Å². The number of fused-ring (bicyclic) bond motifs is 1. The van der Waals surface area contributed by atoms with Gasteiger partial charge in [0.05, 0.1) is 18.2 Å². The summed E-state index contributed by atoms with van der Waals surface area (Å²) in [6.07, 6.45) is 1.85. The minimum atomic E-state index is -0.340. The van der Waals surface area contributed by atoms with E-state index in [1.54, 1.807) is 12.1 Å². The number of carbonyl (C=O) groups excluding carboxylic acids is 1. The summed E-state index contributed by atoms with van der Waals surface area (Å²) in [5, 5.41) is 22.1. The van der Waals surface area contributed by atoms with E-state index in [2.05, 4.69) is 40.6 Å². The van der Waals surface area contributed by atoms with Gasteiger partial charge in [0.2, 0.25) is 0 Å². The highest BCUT2D eigenvalue weighted by Gasteiger charge is 2.49. The van der Waals surface area contributed by atoms with E-state index >= 15 is 0 Å². The number of halogens is 1. The van der Waals surface area contributed by atoms with E-state index in [0.29, 0.717) is 24.3 Å². The molecule has 0 bridgehead atoms. The molecule has 3 aromatic rings. The summed E-state index contributed by atoms with van der Waals surface area (Å²) >= 11 is 0. The number of anilines is 1. The van der Waals surface area contributed by atoms with Gasteiger partial charge in [0.25, 0.3) is 0 Å². The molecule has 0 aromatic heterocycles. The van der Waals surface area contributed by atoms with E-state index in [1.165, 1.54) is 12.1 Å². The van der Waals surface area contributed by atoms with Gasteiger partial charge in [-0.2, -0.15) is 5.26 Å². The normalized spacial score (nSPS) is 21.9. The van der Waals surface area contributed by atoms with E-state index in [9.17, 15) is 14.3 Å². The van der Waals surface area contributed by atoms with Crippen LogP contribution in [-0.2, 0) is 0 Å². The Labute approximate surface area is 210 Å². The molecule has 0 radical (unpaired) electrons. The molecule has 2 N–H and O–H groups in total. The van der Waals surface area contributed by atoms with Gasteiger partial charge >= 0.3 is 6.03 Å². The van der Waals surface area contributed by atoms with Crippen LogP contribution in [0.15, 0.2) is 72.8 Å². The number of aliphatic hydroxyl groups is 1. The Morgan fingerprint density at radius 1 is 0.972 bits per heavy atom. The van der Waals surface area contributed by atoms with Gasteiger partial charge < -0.3 is 15.3 Å². The fourth-order valence-electron chi connectivity index (χ4n) is 5.50. The Morgan fingerprint density at radius 2 is 1.61 bits per heavy atom. The van der Waals surface area contributed by atoms with Crippen LogP contribution in [-0.4, -0.2) is 59.3 Å². The van der Waals surface area contributed by atoms with Crippen molar-refractivity contribution in [2.24, 2.45) is 0 Å². The van der Waals surface area contributed by atoms with Crippen LogP contribution in [0.3, 0.4) is 0 Å². The molecule has 3 atom stereocenters. The maximum Gasteiger partial charge on any atom is 0.321 e. The Balaban J connectivity index is 1.33. The number of urea groups is 1. The SMILES string of the molecule is N#Cc1ccc(-c2ccc([C@@H]3[C@@H](CO)N4CCCCN(C(=O)Nc5ccc(F)cc5)C[C@@H]34)cc2)cc1. The van der Waals surface area contributed by atoms with Gasteiger partial charge in [-0.15, -0.1) is 0 Å². The van der Waals surface area contributed by atoms with Gasteiger partial charge in [0.15, 0.2) is 0 Å². The summed E-state index contributed by atoms with van der Waals surface area (Å²) < 4.78 is 13.2. The molecular formula is C29H29FN4O2. The molecule has 2 aliphatic heterocycles. The van der Waals surface area contributed by atoms with Crippen LogP contribution in [0.4, 0.5) is 14.9 Å². The number of nitriles is 1. The first-order valence-electron chi connectivity index (χ1n) is 12.4. The number of aliphatic hydroxyl groups excluding tert-OH is 1. The summed E-state index contributed by atoms with van der Waals surface area (Å²) in [5.74, 6) is -0.225. The second kappa shape index (κ2) is 10.5. The molecule has 0 spiro atoms. The Kier molecular flexibility index (Phi) is 6.99. The highest BCUT2D eigenvalue weighted by atomic mass is 19.1. The van der Waals surface area contributed by atoms with Crippen molar-refractivity contribution in [2.75, 3.05) is 31.6 Å². The first-order chi connectivity index (χ1) is 17.6. The zero-order valence-electron chi connectivity index (χ0n) is 20.0. The van der Waals surface area contributed by atoms with Crippen LogP contribution in [0.25, 0.3) is 11.1 Å². The minimum absolute atomic E-state index is 0.0240. The van der Waals surface area contributed by atoms with Gasteiger partial charge in [0, 0.05) is 36.8 Å². The second-order valence-corrected chi connectivity index (χ2v) is 9.48. The fourth-order valence-corrected chi connectivity index (χ4v) is 5.50. The van der Waals surface area contributed by atoms with E-state index < -0.39 is 0 Å². The van der Waals surface area contributed by atoms with Crippen molar-refractivity contribution >= 4 is 11.7 Å². The zero-order chi connectivity index (χ0) is 25.1. The van der Waals surface area contributed by atoms with Gasteiger partial charge in [-0.3, -0.25) is 4.90 Å². The molecule has 0 aliphatic carbocycles. The van der Waals surface area contributed by atoms with Crippen molar-refractivity contribution in [3.63, 3.8) is 0 Å². The van der Waals surface area contributed by atoms with Crippen LogP contribution < -0.4 is 5.32 Å². The number of benzene rings is 3. The summed E-state index contributed by atoms with van der Waals surface area (Å²) in [4.78, 5) is 17.2. The molecule has 2 heterocycles. The number of nitrogens with one attached hydrogen (secondary N) is 1. The molecule has 5 rings (SSSR count). The van der Waals surface area contributed by atoms with Gasteiger partial charge in [-0.25, -0.2) is 9.18 Å². The number of hydrogen-bond donors (Lipinski definition) is 2. The lowest BCUT2D eigenvalue weighted by molar-refractivity contribution is -0.0585. The van der Waals surface area contributed by atoms with Gasteiger partial charge in [0.1, 0.15) is 5.82 Å². The Morgan fingerprint density at radius 3 is 2.25 bits per heavy atom. The first kappa shape index (κ1) is 24.0. The van der Waals surface area contributed by atoms with Gasteiger partial charge in [-0.1, -0.05) is 36.4 Å². The Bertz CT molecular complexity index is 1240. The molecule has 2 saturated heterocycles. The van der Waals surface area contributed by atoms with E-state index in [0.717, 1.165) is 36.1 Å². The molecule has 0 saturated carbocycles. The number of rotatable bonds is 4. The largest absolute Gasteiger partial charge is 0.395 e. The number of amides is 2. The molecule has 3 aromatic carbocycles. The average molecular weight is 485 g/mol. The van der Waals surface area contributed by atoms with E-state index in [-0.39, 0.29) is 36.5 Å². The van der Waals surface area contributed by atoms with Crippen molar-refractivity contribution < 1.29 is 14.3 Å². The first-order valence-corrected chi connectivity index (χ1v) is 12.4. The number of nitrogens with zero attached hydrogens (tertiary/aromatic N) is 3. The molecule has 0 unspecified atom stereocenters. The lowest BCUT2D eigenvalue weighted by Gasteiger charge is -2.57. The maximum absolute atomic E-state index is 13.2. The molecular weight excluding hydrogens is 455 g/mol. The lowest BCUT2D eigenvalue weighted by Crippen LogP contribution is -2.68. The minimum Gasteiger partial charge on any atom is -0.395 e. The molecule has 6 nitrogen and oxygen atoms in total. The second-order valence-electron chi connectivity index (χ2n) is 9.48. The average Bonchev–Trinajstić information content (AvgIpc) is 2.89. The Hall–Kier alpha value is -3.73. The lowest BCUT2D eigenvalue weighted by atomic mass is 9.74. The summed E-state index contributed by atoms with van der Waals surface area (Å²) in [6, 6.07) is 23.8. The van der Waals surface area contributed by atoms with Crippen molar-refractivity contribution in [2.45, 2.75) is 30.8 Å². The van der Waals surface area contributed by atoms with E-state index in [1.807, 2.05) is 29.2 Å². The van der Waals surface area contributed by atoms with Crippen molar-refractivity contribution in [3.8, 4) is 17.2 Å². The number of hydrogen-bond acceptors (Lipinski definition) is 4. The molecule has 36 heavy (non-hydrogen) atoms. The molecule has 2 aliphatic rings. The highest BCUT2D eigenvalue weighted by Crippen LogP contribution is 2.42. The smallest absolute Gasteiger partial charge is 0.321 e. The maximum atomic E-state index is 13.2. The van der Waals surface area contributed by atoms with Crippen LogP contribution in [0, 0.1) is 17.1 Å². The van der Waals surface area contributed by atoms with Gasteiger partial charge in [-0.05, 0) is 72.5 Å². The quantitative estimate of drug-likeness (QED) is 0.557.